The number of rotatable bonds is 6. The molecule has 23 heavy (non-hydrogen) atoms. The zero-order chi connectivity index (χ0) is 15.8. The van der Waals surface area contributed by atoms with Gasteiger partial charge in [0.25, 0.3) is 0 Å². The molecule has 0 radical (unpaired) electrons. The van der Waals surface area contributed by atoms with E-state index in [-0.39, 0.29) is 88.7 Å². The van der Waals surface area contributed by atoms with Crippen molar-refractivity contribution in [2.45, 2.75) is 24.1 Å². The summed E-state index contributed by atoms with van der Waals surface area (Å²) in [5.74, 6) is -2.66. The van der Waals surface area contributed by atoms with Gasteiger partial charge in [0.05, 0.1) is 6.61 Å². The summed E-state index contributed by atoms with van der Waals surface area (Å²) in [5, 5.41) is 28.8. The molecule has 0 amide bonds. The van der Waals surface area contributed by atoms with Crippen LogP contribution < -0.4 is 0 Å². The molecule has 1 rings (SSSR count). The normalized spacial score (nSPS) is 30.8. The molecule has 1 fully saturated rings. The zero-order valence-electron chi connectivity index (χ0n) is 9.71. The van der Waals surface area contributed by atoms with Crippen molar-refractivity contribution in [2.75, 3.05) is 13.2 Å². The van der Waals surface area contributed by atoms with Crippen molar-refractivity contribution in [1.29, 1.82) is 0 Å². The van der Waals surface area contributed by atoms with Crippen molar-refractivity contribution in [2.24, 2.45) is 0 Å². The van der Waals surface area contributed by atoms with Gasteiger partial charge in [-0.2, -0.15) is 0 Å². The van der Waals surface area contributed by atoms with E-state index < -0.39 is 53.0 Å². The Morgan fingerprint density at radius 2 is 1.39 bits per heavy atom. The van der Waals surface area contributed by atoms with Gasteiger partial charge in [-0.15, -0.1) is 0 Å². The molecule has 0 saturated carbocycles. The van der Waals surface area contributed by atoms with Crippen LogP contribution in [0.15, 0.2) is 0 Å². The number of aliphatic hydroxyl groups excluding tert-OH is 2. The van der Waals surface area contributed by atoms with Gasteiger partial charge in [0.1, 0.15) is 24.9 Å². The van der Waals surface area contributed by atoms with Crippen LogP contribution in [-0.2, 0) is 22.9 Å². The van der Waals surface area contributed by atoms with Crippen LogP contribution in [0.25, 0.3) is 0 Å². The number of phosphoric acid groups is 2. The van der Waals surface area contributed by atoms with E-state index in [1.807, 2.05) is 0 Å². The molecule has 0 aromatic carbocycles. The van der Waals surface area contributed by atoms with Crippen LogP contribution in [0.5, 0.6) is 0 Å². The molecule has 1 heterocycles. The summed E-state index contributed by atoms with van der Waals surface area (Å²) in [5.41, 5.74) is 0. The van der Waals surface area contributed by atoms with E-state index in [9.17, 15) is 24.4 Å². The van der Waals surface area contributed by atoms with Crippen LogP contribution in [-0.4, -0.2) is 161 Å². The number of phosphoric ester groups is 2. The Morgan fingerprint density at radius 3 is 1.78 bits per heavy atom. The maximum absolute atomic E-state index is 10.5. The van der Waals surface area contributed by atoms with Crippen molar-refractivity contribution in [3.8, 4) is 0 Å². The molecule has 0 aromatic rings. The van der Waals surface area contributed by atoms with E-state index in [0.29, 0.717) is 0 Å². The second kappa shape index (κ2) is 11.8. The second-order valence-corrected chi connectivity index (χ2v) is 6.47. The van der Waals surface area contributed by atoms with Gasteiger partial charge in [-0.25, -0.2) is 9.13 Å². The van der Waals surface area contributed by atoms with Crippen molar-refractivity contribution >= 4 is 104 Å². The molecule has 0 aromatic heterocycles. The van der Waals surface area contributed by atoms with Gasteiger partial charge in [-0.3, -0.25) is 9.05 Å². The third-order valence-electron chi connectivity index (χ3n) is 2.37. The molecule has 1 aliphatic rings. The third kappa shape index (κ3) is 10.8. The van der Waals surface area contributed by atoms with Gasteiger partial charge in [-0.05, 0) is 0 Å². The molecule has 4 atom stereocenters. The fourth-order valence-electron chi connectivity index (χ4n) is 1.47. The summed E-state index contributed by atoms with van der Waals surface area (Å²) in [6.45, 7) is -2.05. The zero-order valence-corrected chi connectivity index (χ0v) is 11.5. The second-order valence-electron chi connectivity index (χ2n) is 3.99. The van der Waals surface area contributed by atoms with Crippen molar-refractivity contribution in [3.05, 3.63) is 0 Å². The van der Waals surface area contributed by atoms with Gasteiger partial charge < -0.3 is 39.6 Å². The van der Waals surface area contributed by atoms with E-state index in [4.69, 9.17) is 19.6 Å². The predicted molar refractivity (Wildman–Crippen MR) is 79.3 cm³/mol. The molecular formula is C6H17Na3O12P2. The van der Waals surface area contributed by atoms with Gasteiger partial charge in [0, 0.05) is 0 Å². The summed E-state index contributed by atoms with van der Waals surface area (Å²) in [6, 6.07) is 0. The number of ether oxygens (including phenoxy) is 1. The monoisotopic (exact) mass is 412 g/mol. The third-order valence-corrected chi connectivity index (χ3v) is 3.32. The first-order valence-electron chi connectivity index (χ1n) is 5.00. The van der Waals surface area contributed by atoms with Crippen LogP contribution in [0.3, 0.4) is 0 Å². The summed E-state index contributed by atoms with van der Waals surface area (Å²) in [4.78, 5) is 33.9. The quantitative estimate of drug-likeness (QED) is 0.162. The Balaban J connectivity index is -0.00000133. The minimum atomic E-state index is -4.96. The Kier molecular flexibility index (Phi) is 15.8. The van der Waals surface area contributed by atoms with E-state index in [0.717, 1.165) is 0 Å². The summed E-state index contributed by atoms with van der Waals surface area (Å²) in [7, 11) is -9.82. The van der Waals surface area contributed by atoms with Crippen molar-refractivity contribution in [1.82, 2.24) is 0 Å². The number of hydrogen-bond acceptors (Lipinski definition) is 8. The fraction of sp³-hybridized carbons (Fsp3) is 1.00. The van der Waals surface area contributed by atoms with E-state index in [2.05, 4.69) is 13.8 Å². The molecule has 7 N–H and O–H groups in total. The Hall–Kier alpha value is 3.06. The maximum atomic E-state index is 10.5. The van der Waals surface area contributed by atoms with Gasteiger partial charge >= 0.3 is 104 Å². The van der Waals surface area contributed by atoms with Crippen LogP contribution in [0.4, 0.5) is 0 Å². The molecule has 12 nitrogen and oxygen atoms in total. The van der Waals surface area contributed by atoms with Gasteiger partial charge in [-0.1, -0.05) is 0 Å². The average Bonchev–Trinajstić information content (AvgIpc) is 2.48. The van der Waals surface area contributed by atoms with E-state index >= 15 is 0 Å². The van der Waals surface area contributed by atoms with E-state index in [1.54, 1.807) is 0 Å². The first kappa shape index (κ1) is 30.8. The van der Waals surface area contributed by atoms with Crippen LogP contribution in [0.1, 0.15) is 0 Å². The SMILES string of the molecule is O=P(O)(O)OC[C@H]1O[C@](O)(COP(=O)(O)O)[C@@H](O)[C@@H]1O.[NaH].[NaH].[NaH]. The molecule has 0 aliphatic carbocycles. The predicted octanol–water partition coefficient (Wildman–Crippen LogP) is -4.93. The summed E-state index contributed by atoms with van der Waals surface area (Å²) < 4.78 is 33.6. The molecule has 126 valence electrons. The van der Waals surface area contributed by atoms with Crippen LogP contribution in [0, 0.1) is 0 Å². The molecule has 0 bridgehead atoms. The topological polar surface area (TPSA) is 203 Å². The van der Waals surface area contributed by atoms with E-state index in [1.165, 1.54) is 0 Å². The van der Waals surface area contributed by atoms with Crippen LogP contribution in [0.2, 0.25) is 0 Å². The molecular weight excluding hydrogens is 395 g/mol. The first-order chi connectivity index (χ1) is 8.84. The molecule has 17 heteroatoms. The number of aliphatic hydroxyl groups is 3. The molecule has 1 aliphatic heterocycles. The van der Waals surface area contributed by atoms with Crippen molar-refractivity contribution < 1.29 is 57.8 Å². The first-order valence-corrected chi connectivity index (χ1v) is 8.07. The van der Waals surface area contributed by atoms with Crippen LogP contribution >= 0.6 is 15.6 Å². The number of hydrogen-bond donors (Lipinski definition) is 7. The van der Waals surface area contributed by atoms with Gasteiger partial charge in [0.2, 0.25) is 5.79 Å². The average molecular weight is 412 g/mol. The van der Waals surface area contributed by atoms with Crippen molar-refractivity contribution in [3.63, 3.8) is 0 Å². The molecule has 0 spiro atoms. The molecule has 0 unspecified atom stereocenters. The minimum absolute atomic E-state index is 0. The fourth-order valence-corrected chi connectivity index (χ4v) is 2.17. The summed E-state index contributed by atoms with van der Waals surface area (Å²) >= 11 is 0. The van der Waals surface area contributed by atoms with Gasteiger partial charge in [0.15, 0.2) is 0 Å². The Morgan fingerprint density at radius 1 is 0.957 bits per heavy atom. The Bertz CT molecular complexity index is 441. The Labute approximate surface area is 197 Å². The molecule has 1 saturated heterocycles. The summed E-state index contributed by atoms with van der Waals surface area (Å²) in [6.07, 6.45) is -5.38. The standard InChI is InChI=1S/C6H14O12P2.3Na.3H/c7-4-3(1-16-19(10,11)12)18-6(9,5(4)8)2-17-20(13,14)15;;;;;;/h3-5,7-9H,1-2H2,(H2,10,11,12)(H2,13,14,15);;;;;;/t3-,4-,5+,6-;;;;;;/m1....../s1.